The number of rotatable bonds is 4. The predicted molar refractivity (Wildman–Crippen MR) is 89.1 cm³/mol. The molecule has 2 aromatic heterocycles. The van der Waals surface area contributed by atoms with E-state index in [9.17, 15) is 9.18 Å². The Kier molecular flexibility index (Phi) is 4.00. The second kappa shape index (κ2) is 5.94. The number of hydrogen-bond donors (Lipinski definition) is 2. The highest BCUT2D eigenvalue weighted by Crippen LogP contribution is 2.29. The summed E-state index contributed by atoms with van der Waals surface area (Å²) in [5.41, 5.74) is 6.14. The third-order valence-electron chi connectivity index (χ3n) is 3.14. The molecule has 0 amide bonds. The summed E-state index contributed by atoms with van der Waals surface area (Å²) >= 11 is 7.12. The quantitative estimate of drug-likeness (QED) is 0.766. The molecule has 5 nitrogen and oxygen atoms in total. The maximum atomic E-state index is 12.6. The first-order chi connectivity index (χ1) is 10.6. The summed E-state index contributed by atoms with van der Waals surface area (Å²) < 4.78 is 13.7. The van der Waals surface area contributed by atoms with Gasteiger partial charge in [0.25, 0.3) is 5.56 Å². The van der Waals surface area contributed by atoms with Gasteiger partial charge in [-0.3, -0.25) is 4.79 Å². The molecule has 0 unspecified atom stereocenters. The van der Waals surface area contributed by atoms with Crippen LogP contribution in [-0.4, -0.2) is 23.0 Å². The Morgan fingerprint density at radius 1 is 1.36 bits per heavy atom. The van der Waals surface area contributed by atoms with Crippen molar-refractivity contribution >= 4 is 44.5 Å². The zero-order valence-electron chi connectivity index (χ0n) is 11.3. The molecule has 0 aliphatic carbocycles. The standard InChI is InChI=1S/C14H12ClFN4OS/c15-8-1-3-9(4-2-8)20-14(21)11-10(7-22-12(11)17)13(19-20)18-6-5-16/h1-4,7H,5-6,17H2,(H,18,19). The number of fused-ring (bicyclic) bond motifs is 1. The molecule has 2 heterocycles. The maximum absolute atomic E-state index is 12.6. The average Bonchev–Trinajstić information content (AvgIpc) is 2.90. The third kappa shape index (κ3) is 2.53. The number of nitrogen functional groups attached to an aromatic ring is 1. The first-order valence-corrected chi connectivity index (χ1v) is 7.73. The van der Waals surface area contributed by atoms with Crippen molar-refractivity contribution in [2.75, 3.05) is 24.3 Å². The van der Waals surface area contributed by atoms with Crippen molar-refractivity contribution in [3.05, 3.63) is 45.0 Å². The van der Waals surface area contributed by atoms with Gasteiger partial charge in [-0.1, -0.05) is 11.6 Å². The molecule has 3 rings (SSSR count). The van der Waals surface area contributed by atoms with Gasteiger partial charge in [0.05, 0.1) is 16.1 Å². The van der Waals surface area contributed by atoms with E-state index >= 15 is 0 Å². The molecule has 0 aliphatic rings. The summed E-state index contributed by atoms with van der Waals surface area (Å²) in [5.74, 6) is 0.426. The van der Waals surface area contributed by atoms with Gasteiger partial charge in [-0.2, -0.15) is 4.68 Å². The lowest BCUT2D eigenvalue weighted by atomic mass is 10.2. The number of halogens is 2. The molecule has 0 fully saturated rings. The molecule has 0 atom stereocenters. The van der Waals surface area contributed by atoms with Gasteiger partial charge in [0.15, 0.2) is 5.82 Å². The Labute approximate surface area is 134 Å². The Bertz CT molecular complexity index is 875. The fourth-order valence-electron chi connectivity index (χ4n) is 2.13. The van der Waals surface area contributed by atoms with E-state index in [4.69, 9.17) is 17.3 Å². The minimum absolute atomic E-state index is 0.108. The fraction of sp³-hybridized carbons (Fsp3) is 0.143. The SMILES string of the molecule is Nc1scc2c(NCCF)nn(-c3ccc(Cl)cc3)c(=O)c12. The summed E-state index contributed by atoms with van der Waals surface area (Å²) in [6.45, 7) is -0.431. The molecule has 114 valence electrons. The fourth-order valence-corrected chi connectivity index (χ4v) is 3.04. The molecule has 8 heteroatoms. The van der Waals surface area contributed by atoms with Gasteiger partial charge in [0.1, 0.15) is 6.67 Å². The van der Waals surface area contributed by atoms with Crippen molar-refractivity contribution < 1.29 is 4.39 Å². The zero-order chi connectivity index (χ0) is 15.7. The van der Waals surface area contributed by atoms with Crippen LogP contribution in [0.15, 0.2) is 34.4 Å². The molecule has 0 spiro atoms. The summed E-state index contributed by atoms with van der Waals surface area (Å²) in [6.07, 6.45) is 0. The van der Waals surface area contributed by atoms with Crippen molar-refractivity contribution in [2.24, 2.45) is 0 Å². The largest absolute Gasteiger partial charge is 0.390 e. The van der Waals surface area contributed by atoms with Crippen LogP contribution in [0.3, 0.4) is 0 Å². The number of nitrogens with zero attached hydrogens (tertiary/aromatic N) is 2. The van der Waals surface area contributed by atoms with Crippen LogP contribution in [0.2, 0.25) is 5.02 Å². The third-order valence-corrected chi connectivity index (χ3v) is 4.20. The molecule has 1 aromatic carbocycles. The summed E-state index contributed by atoms with van der Waals surface area (Å²) in [6, 6.07) is 6.70. The smallest absolute Gasteiger partial charge is 0.282 e. The minimum Gasteiger partial charge on any atom is -0.390 e. The number of aromatic nitrogens is 2. The topological polar surface area (TPSA) is 72.9 Å². The first kappa shape index (κ1) is 14.8. The monoisotopic (exact) mass is 338 g/mol. The van der Waals surface area contributed by atoms with E-state index in [1.54, 1.807) is 29.6 Å². The van der Waals surface area contributed by atoms with Gasteiger partial charge in [-0.15, -0.1) is 16.4 Å². The van der Waals surface area contributed by atoms with E-state index in [0.717, 1.165) is 0 Å². The van der Waals surface area contributed by atoms with Gasteiger partial charge in [0.2, 0.25) is 0 Å². The van der Waals surface area contributed by atoms with Crippen molar-refractivity contribution in [2.45, 2.75) is 0 Å². The number of anilines is 2. The lowest BCUT2D eigenvalue weighted by molar-refractivity contribution is 0.512. The average molecular weight is 339 g/mol. The summed E-state index contributed by atoms with van der Waals surface area (Å²) in [4.78, 5) is 12.6. The first-order valence-electron chi connectivity index (χ1n) is 6.47. The highest BCUT2D eigenvalue weighted by atomic mass is 35.5. The molecule has 0 bridgehead atoms. The van der Waals surface area contributed by atoms with Gasteiger partial charge in [-0.25, -0.2) is 4.39 Å². The highest BCUT2D eigenvalue weighted by Gasteiger charge is 2.15. The van der Waals surface area contributed by atoms with E-state index in [0.29, 0.717) is 32.3 Å². The second-order valence-corrected chi connectivity index (χ2v) is 5.89. The van der Waals surface area contributed by atoms with Crippen LogP contribution in [0.5, 0.6) is 0 Å². The zero-order valence-corrected chi connectivity index (χ0v) is 12.9. The Hall–Kier alpha value is -2.12. The van der Waals surface area contributed by atoms with Crippen LogP contribution in [0.1, 0.15) is 0 Å². The summed E-state index contributed by atoms with van der Waals surface area (Å²) in [7, 11) is 0. The molecule has 0 aliphatic heterocycles. The molecule has 0 saturated carbocycles. The van der Waals surface area contributed by atoms with Gasteiger partial charge in [-0.05, 0) is 24.3 Å². The van der Waals surface area contributed by atoms with Crippen molar-refractivity contribution in [3.8, 4) is 5.69 Å². The van der Waals surface area contributed by atoms with E-state index in [-0.39, 0.29) is 12.1 Å². The number of thiophene rings is 1. The van der Waals surface area contributed by atoms with Crippen LogP contribution >= 0.6 is 22.9 Å². The van der Waals surface area contributed by atoms with Crippen LogP contribution in [0.25, 0.3) is 16.5 Å². The van der Waals surface area contributed by atoms with Crippen molar-refractivity contribution in [1.82, 2.24) is 9.78 Å². The Morgan fingerprint density at radius 3 is 2.77 bits per heavy atom. The minimum atomic E-state index is -0.539. The molecule has 0 saturated heterocycles. The Morgan fingerprint density at radius 2 is 2.09 bits per heavy atom. The maximum Gasteiger partial charge on any atom is 0.282 e. The van der Waals surface area contributed by atoms with E-state index in [1.807, 2.05) is 0 Å². The van der Waals surface area contributed by atoms with E-state index in [1.165, 1.54) is 16.0 Å². The molecule has 0 radical (unpaired) electrons. The number of hydrogen-bond acceptors (Lipinski definition) is 5. The van der Waals surface area contributed by atoms with Crippen LogP contribution in [0.4, 0.5) is 15.2 Å². The lowest BCUT2D eigenvalue weighted by Gasteiger charge is -2.10. The molecule has 3 N–H and O–H groups in total. The van der Waals surface area contributed by atoms with Crippen molar-refractivity contribution in [1.29, 1.82) is 0 Å². The molecular formula is C14H12ClFN4OS. The van der Waals surface area contributed by atoms with Gasteiger partial charge in [0, 0.05) is 22.3 Å². The van der Waals surface area contributed by atoms with Crippen LogP contribution in [-0.2, 0) is 0 Å². The normalized spacial score (nSPS) is 11.0. The summed E-state index contributed by atoms with van der Waals surface area (Å²) in [5, 5.41) is 10.9. The molecule has 22 heavy (non-hydrogen) atoms. The number of benzene rings is 1. The number of nitrogens with two attached hydrogens (primary N) is 1. The highest BCUT2D eigenvalue weighted by molar-refractivity contribution is 7.15. The molecular weight excluding hydrogens is 327 g/mol. The predicted octanol–water partition coefficient (Wildman–Crippen LogP) is 3.06. The van der Waals surface area contributed by atoms with Crippen LogP contribution < -0.4 is 16.6 Å². The lowest BCUT2D eigenvalue weighted by Crippen LogP contribution is -2.23. The second-order valence-electron chi connectivity index (χ2n) is 4.55. The number of alkyl halides is 1. The Balaban J connectivity index is 2.25. The number of nitrogens with one attached hydrogen (secondary N) is 1. The van der Waals surface area contributed by atoms with Gasteiger partial charge >= 0.3 is 0 Å². The van der Waals surface area contributed by atoms with Crippen molar-refractivity contribution in [3.63, 3.8) is 0 Å². The van der Waals surface area contributed by atoms with E-state index in [2.05, 4.69) is 10.4 Å². The van der Waals surface area contributed by atoms with Gasteiger partial charge < -0.3 is 11.1 Å². The van der Waals surface area contributed by atoms with Crippen LogP contribution in [0, 0.1) is 0 Å². The molecule has 3 aromatic rings. The van der Waals surface area contributed by atoms with E-state index < -0.39 is 6.67 Å².